The summed E-state index contributed by atoms with van der Waals surface area (Å²) < 4.78 is 29.8. The topological polar surface area (TPSA) is 64.1 Å². The number of nitrogens with one attached hydrogen (secondary N) is 2. The molecule has 1 saturated heterocycles. The van der Waals surface area contributed by atoms with Crippen LogP contribution in [0.4, 0.5) is 4.39 Å². The predicted octanol–water partition coefficient (Wildman–Crippen LogP) is 1.44. The second-order valence-corrected chi connectivity index (χ2v) is 6.02. The number of halogens is 1. The molecule has 0 radical (unpaired) electrons. The largest absolute Gasteiger partial charge is 0.467 e. The highest BCUT2D eigenvalue weighted by Gasteiger charge is 2.17. The van der Waals surface area contributed by atoms with E-state index in [1.807, 2.05) is 0 Å². The van der Waals surface area contributed by atoms with Crippen LogP contribution in [0.15, 0.2) is 17.1 Å². The molecule has 0 saturated carbocycles. The summed E-state index contributed by atoms with van der Waals surface area (Å²) in [6, 6.07) is 2.99. The smallest absolute Gasteiger partial charge is 0.190 e. The Morgan fingerprint density at radius 3 is 3.04 bits per heavy atom. The number of guanidine groups is 1. The SMILES string of the molecule is CN=C(NCCc1cc(F)cc2c1OCOC2)NCC1CCOC1. The van der Waals surface area contributed by atoms with Crippen LogP contribution < -0.4 is 15.4 Å². The quantitative estimate of drug-likeness (QED) is 0.629. The lowest BCUT2D eigenvalue weighted by Gasteiger charge is -2.21. The Morgan fingerprint density at radius 2 is 2.25 bits per heavy atom. The molecule has 1 unspecified atom stereocenters. The van der Waals surface area contributed by atoms with Crippen molar-refractivity contribution in [3.05, 3.63) is 29.1 Å². The van der Waals surface area contributed by atoms with Gasteiger partial charge in [0.25, 0.3) is 0 Å². The van der Waals surface area contributed by atoms with E-state index in [0.717, 1.165) is 49.0 Å². The van der Waals surface area contributed by atoms with Gasteiger partial charge in [-0.15, -0.1) is 0 Å². The molecule has 7 heteroatoms. The fraction of sp³-hybridized carbons (Fsp3) is 0.588. The fourth-order valence-corrected chi connectivity index (χ4v) is 2.96. The van der Waals surface area contributed by atoms with Crippen molar-refractivity contribution in [2.24, 2.45) is 10.9 Å². The lowest BCUT2D eigenvalue weighted by atomic mass is 10.1. The Balaban J connectivity index is 1.51. The van der Waals surface area contributed by atoms with Crippen LogP contribution in [0, 0.1) is 11.7 Å². The van der Waals surface area contributed by atoms with Crippen molar-refractivity contribution in [2.75, 3.05) is 40.1 Å². The van der Waals surface area contributed by atoms with Crippen LogP contribution in [0.5, 0.6) is 5.75 Å². The lowest BCUT2D eigenvalue weighted by Crippen LogP contribution is -2.40. The summed E-state index contributed by atoms with van der Waals surface area (Å²) in [7, 11) is 1.74. The van der Waals surface area contributed by atoms with Crippen molar-refractivity contribution >= 4 is 5.96 Å². The number of hydrogen-bond donors (Lipinski definition) is 2. The minimum absolute atomic E-state index is 0.214. The van der Waals surface area contributed by atoms with Gasteiger partial charge in [-0.25, -0.2) is 4.39 Å². The van der Waals surface area contributed by atoms with E-state index in [2.05, 4.69) is 15.6 Å². The fourth-order valence-electron chi connectivity index (χ4n) is 2.96. The van der Waals surface area contributed by atoms with E-state index in [1.54, 1.807) is 7.05 Å². The Bertz CT molecular complexity index is 589. The zero-order valence-corrected chi connectivity index (χ0v) is 13.9. The van der Waals surface area contributed by atoms with E-state index in [9.17, 15) is 4.39 Å². The first-order valence-corrected chi connectivity index (χ1v) is 8.30. The van der Waals surface area contributed by atoms with Crippen molar-refractivity contribution in [3.8, 4) is 5.75 Å². The van der Waals surface area contributed by atoms with E-state index >= 15 is 0 Å². The third-order valence-corrected chi connectivity index (χ3v) is 4.24. The van der Waals surface area contributed by atoms with E-state index in [0.29, 0.717) is 25.5 Å². The molecule has 2 aliphatic heterocycles. The summed E-state index contributed by atoms with van der Waals surface area (Å²) in [5, 5.41) is 6.56. The molecule has 0 aliphatic carbocycles. The average molecular weight is 337 g/mol. The van der Waals surface area contributed by atoms with E-state index < -0.39 is 0 Å². The highest BCUT2D eigenvalue weighted by atomic mass is 19.1. The van der Waals surface area contributed by atoms with Gasteiger partial charge in [0, 0.05) is 38.2 Å². The van der Waals surface area contributed by atoms with Gasteiger partial charge in [0.1, 0.15) is 11.6 Å². The Morgan fingerprint density at radius 1 is 1.33 bits per heavy atom. The van der Waals surface area contributed by atoms with Crippen LogP contribution in [0.1, 0.15) is 17.5 Å². The number of benzene rings is 1. The van der Waals surface area contributed by atoms with Crippen LogP contribution in [0.25, 0.3) is 0 Å². The summed E-state index contributed by atoms with van der Waals surface area (Å²) in [4.78, 5) is 4.21. The zero-order valence-electron chi connectivity index (χ0n) is 13.9. The van der Waals surface area contributed by atoms with Crippen LogP contribution in [-0.4, -0.2) is 46.1 Å². The molecule has 132 valence electrons. The van der Waals surface area contributed by atoms with Gasteiger partial charge in [-0.1, -0.05) is 0 Å². The Hall–Kier alpha value is -1.86. The molecular weight excluding hydrogens is 313 g/mol. The third-order valence-electron chi connectivity index (χ3n) is 4.24. The zero-order chi connectivity index (χ0) is 16.8. The maximum Gasteiger partial charge on any atom is 0.190 e. The van der Waals surface area contributed by atoms with Crippen LogP contribution >= 0.6 is 0 Å². The molecule has 0 amide bonds. The highest BCUT2D eigenvalue weighted by Crippen LogP contribution is 2.29. The normalized spacial score (nSPS) is 20.4. The predicted molar refractivity (Wildman–Crippen MR) is 88.7 cm³/mol. The van der Waals surface area contributed by atoms with Crippen molar-refractivity contribution in [3.63, 3.8) is 0 Å². The maximum absolute atomic E-state index is 13.7. The molecule has 2 aliphatic rings. The molecule has 1 aromatic rings. The second-order valence-electron chi connectivity index (χ2n) is 6.02. The minimum atomic E-state index is -0.262. The van der Waals surface area contributed by atoms with Crippen LogP contribution in [-0.2, 0) is 22.5 Å². The summed E-state index contributed by atoms with van der Waals surface area (Å²) in [6.07, 6.45) is 1.73. The summed E-state index contributed by atoms with van der Waals surface area (Å²) >= 11 is 0. The lowest BCUT2D eigenvalue weighted by molar-refractivity contribution is -0.0172. The molecule has 1 atom stereocenters. The highest BCUT2D eigenvalue weighted by molar-refractivity contribution is 5.79. The van der Waals surface area contributed by atoms with Gasteiger partial charge in [-0.3, -0.25) is 4.99 Å². The number of hydrogen-bond acceptors (Lipinski definition) is 4. The summed E-state index contributed by atoms with van der Waals surface area (Å²) in [6.45, 7) is 3.73. The third kappa shape index (κ3) is 4.36. The second kappa shape index (κ2) is 8.30. The number of nitrogens with zero attached hydrogens (tertiary/aromatic N) is 1. The summed E-state index contributed by atoms with van der Waals surface area (Å²) in [5.41, 5.74) is 1.61. The molecule has 6 nitrogen and oxygen atoms in total. The van der Waals surface area contributed by atoms with Crippen LogP contribution in [0.2, 0.25) is 0 Å². The Labute approximate surface area is 141 Å². The Kier molecular flexibility index (Phi) is 5.87. The van der Waals surface area contributed by atoms with E-state index in [4.69, 9.17) is 14.2 Å². The van der Waals surface area contributed by atoms with Gasteiger partial charge in [0.15, 0.2) is 12.8 Å². The molecule has 0 aromatic heterocycles. The van der Waals surface area contributed by atoms with Gasteiger partial charge >= 0.3 is 0 Å². The number of fused-ring (bicyclic) bond motifs is 1. The number of ether oxygens (including phenoxy) is 3. The average Bonchev–Trinajstić information content (AvgIpc) is 3.11. The molecule has 24 heavy (non-hydrogen) atoms. The minimum Gasteiger partial charge on any atom is -0.467 e. The number of aliphatic imine (C=N–C) groups is 1. The first-order chi connectivity index (χ1) is 11.8. The maximum atomic E-state index is 13.7. The molecule has 3 rings (SSSR count). The van der Waals surface area contributed by atoms with Gasteiger partial charge in [0.2, 0.25) is 0 Å². The summed E-state index contributed by atoms with van der Waals surface area (Å²) in [5.74, 6) is 1.76. The van der Waals surface area contributed by atoms with E-state index in [-0.39, 0.29) is 12.6 Å². The first-order valence-electron chi connectivity index (χ1n) is 8.30. The first kappa shape index (κ1) is 17.0. The number of rotatable bonds is 5. The molecule has 1 aromatic carbocycles. The standard InChI is InChI=1S/C17H24FN3O3/c1-19-17(21-8-12-3-5-22-9-12)20-4-2-13-6-15(18)7-14-10-23-11-24-16(13)14/h6-7,12H,2-5,8-11H2,1H3,(H2,19,20,21). The van der Waals surface area contributed by atoms with E-state index in [1.165, 1.54) is 12.1 Å². The molecule has 2 N–H and O–H groups in total. The van der Waals surface area contributed by atoms with Gasteiger partial charge in [-0.05, 0) is 30.5 Å². The van der Waals surface area contributed by atoms with Crippen molar-refractivity contribution < 1.29 is 18.6 Å². The van der Waals surface area contributed by atoms with Gasteiger partial charge in [-0.2, -0.15) is 0 Å². The van der Waals surface area contributed by atoms with Gasteiger partial charge < -0.3 is 24.8 Å². The molecule has 1 fully saturated rings. The molecule has 0 bridgehead atoms. The molecular formula is C17H24FN3O3. The van der Waals surface area contributed by atoms with Crippen LogP contribution in [0.3, 0.4) is 0 Å². The monoisotopic (exact) mass is 337 g/mol. The van der Waals surface area contributed by atoms with Crippen molar-refractivity contribution in [2.45, 2.75) is 19.4 Å². The molecule has 0 spiro atoms. The van der Waals surface area contributed by atoms with Crippen molar-refractivity contribution in [1.82, 2.24) is 10.6 Å². The van der Waals surface area contributed by atoms with Gasteiger partial charge in [0.05, 0.1) is 13.2 Å². The molecule has 2 heterocycles. The van der Waals surface area contributed by atoms with Crippen molar-refractivity contribution in [1.29, 1.82) is 0 Å².